The van der Waals surface area contributed by atoms with Crippen LogP contribution in [-0.4, -0.2) is 25.4 Å². The molecule has 0 radical (unpaired) electrons. The Labute approximate surface area is 183 Å². The van der Waals surface area contributed by atoms with Gasteiger partial charge < -0.3 is 19.3 Å². The van der Waals surface area contributed by atoms with E-state index in [1.807, 2.05) is 0 Å². The zero-order valence-corrected chi connectivity index (χ0v) is 16.6. The summed E-state index contributed by atoms with van der Waals surface area (Å²) in [5, 5.41) is 9.04. The van der Waals surface area contributed by atoms with Crippen LogP contribution in [0.2, 0.25) is 0 Å². The van der Waals surface area contributed by atoms with Crippen molar-refractivity contribution in [3.8, 4) is 6.07 Å². The summed E-state index contributed by atoms with van der Waals surface area (Å²) >= 11 is 0. The Hall–Kier alpha value is -4.82. The van der Waals surface area contributed by atoms with Crippen molar-refractivity contribution in [1.29, 1.82) is 5.26 Å². The van der Waals surface area contributed by atoms with Gasteiger partial charge in [0, 0.05) is 11.4 Å². The Morgan fingerprint density at radius 1 is 0.812 bits per heavy atom. The molecule has 0 unspecified atom stereocenters. The molecule has 2 aliphatic heterocycles. The van der Waals surface area contributed by atoms with Crippen molar-refractivity contribution in [2.75, 3.05) is 23.3 Å². The molecule has 0 aromatic heterocycles. The van der Waals surface area contributed by atoms with Crippen molar-refractivity contribution < 1.29 is 19.1 Å². The lowest BCUT2D eigenvalue weighted by Crippen LogP contribution is -2.34. The van der Waals surface area contributed by atoms with Crippen molar-refractivity contribution in [3.63, 3.8) is 0 Å². The fourth-order valence-corrected chi connectivity index (χ4v) is 3.74. The topological polar surface area (TPSA) is 87.2 Å². The lowest BCUT2D eigenvalue weighted by Gasteiger charge is -2.35. The van der Waals surface area contributed by atoms with E-state index in [1.165, 1.54) is 0 Å². The monoisotopic (exact) mass is 422 g/mol. The molecule has 5 rings (SSSR count). The van der Waals surface area contributed by atoms with E-state index in [0.717, 1.165) is 5.69 Å². The SMILES string of the molecule is [C-]#[N+]c1ccc(N2COC(=O)c3cc4c(cc32)C(=O)OCN4c2ccc(C#N)cc2)cc1. The summed E-state index contributed by atoms with van der Waals surface area (Å²) in [4.78, 5) is 32.1. The molecule has 0 fully saturated rings. The molecule has 0 amide bonds. The summed E-state index contributed by atoms with van der Waals surface area (Å²) < 4.78 is 10.7. The normalized spacial score (nSPS) is 14.4. The highest BCUT2D eigenvalue weighted by Crippen LogP contribution is 2.41. The number of hydrogen-bond acceptors (Lipinski definition) is 7. The maximum Gasteiger partial charge on any atom is 0.342 e. The molecule has 0 bridgehead atoms. The summed E-state index contributed by atoms with van der Waals surface area (Å²) in [5.41, 5.74) is 4.12. The third-order valence-corrected chi connectivity index (χ3v) is 5.38. The average molecular weight is 422 g/mol. The standard InChI is InChI=1S/C24H14N4O4/c1-26-16-4-8-18(9-5-16)28-14-32-24(30)20-10-21-19(11-22(20)28)23(29)31-13-27(21)17-6-2-15(12-25)3-7-17/h2-11H,13-14H2. The minimum atomic E-state index is -0.491. The van der Waals surface area contributed by atoms with Crippen LogP contribution in [0.15, 0.2) is 60.7 Å². The highest BCUT2D eigenvalue weighted by molar-refractivity contribution is 6.06. The summed E-state index contributed by atoms with van der Waals surface area (Å²) in [6.07, 6.45) is 0. The van der Waals surface area contributed by atoms with Crippen LogP contribution < -0.4 is 9.80 Å². The first kappa shape index (κ1) is 19.2. The molecule has 8 heteroatoms. The second-order valence-electron chi connectivity index (χ2n) is 7.15. The molecule has 0 spiro atoms. The Morgan fingerprint density at radius 2 is 1.28 bits per heavy atom. The number of cyclic esters (lactones) is 2. The number of nitrogens with zero attached hydrogens (tertiary/aromatic N) is 4. The minimum Gasteiger partial charge on any atom is -0.440 e. The van der Waals surface area contributed by atoms with Crippen molar-refractivity contribution in [1.82, 2.24) is 0 Å². The van der Waals surface area contributed by atoms with Crippen LogP contribution in [0.25, 0.3) is 4.85 Å². The fraction of sp³-hybridized carbons (Fsp3) is 0.0833. The average Bonchev–Trinajstić information content (AvgIpc) is 2.84. The first-order valence-electron chi connectivity index (χ1n) is 9.64. The van der Waals surface area contributed by atoms with Gasteiger partial charge in [0.2, 0.25) is 0 Å². The van der Waals surface area contributed by atoms with Gasteiger partial charge in [-0.15, -0.1) is 0 Å². The largest absolute Gasteiger partial charge is 0.440 e. The molecule has 2 heterocycles. The zero-order valence-electron chi connectivity index (χ0n) is 16.6. The molecule has 3 aromatic carbocycles. The number of anilines is 4. The quantitative estimate of drug-likeness (QED) is 0.439. The minimum absolute atomic E-state index is 0.0175. The van der Waals surface area contributed by atoms with Gasteiger partial charge in [0.25, 0.3) is 0 Å². The van der Waals surface area contributed by atoms with Crippen LogP contribution in [0, 0.1) is 17.9 Å². The maximum absolute atomic E-state index is 12.6. The third-order valence-electron chi connectivity index (χ3n) is 5.38. The maximum atomic E-state index is 12.6. The van der Waals surface area contributed by atoms with Crippen molar-refractivity contribution in [2.24, 2.45) is 0 Å². The molecular formula is C24H14N4O4. The van der Waals surface area contributed by atoms with Crippen molar-refractivity contribution >= 4 is 40.4 Å². The number of carbonyl (C=O) groups excluding carboxylic acids is 2. The first-order chi connectivity index (χ1) is 15.6. The highest BCUT2D eigenvalue weighted by atomic mass is 16.6. The van der Waals surface area contributed by atoms with E-state index in [9.17, 15) is 9.59 Å². The molecule has 0 saturated carbocycles. The number of ether oxygens (including phenoxy) is 2. The number of nitriles is 1. The summed E-state index contributed by atoms with van der Waals surface area (Å²) in [6.45, 7) is 7.07. The third kappa shape index (κ3) is 3.08. The molecule has 3 aromatic rings. The Kier molecular flexibility index (Phi) is 4.47. The predicted molar refractivity (Wildman–Crippen MR) is 115 cm³/mol. The van der Waals surface area contributed by atoms with Crippen molar-refractivity contribution in [3.05, 3.63) is 88.8 Å². The van der Waals surface area contributed by atoms with Gasteiger partial charge in [-0.3, -0.25) is 0 Å². The van der Waals surface area contributed by atoms with E-state index in [2.05, 4.69) is 10.9 Å². The van der Waals surface area contributed by atoms with Crippen LogP contribution in [0.3, 0.4) is 0 Å². The van der Waals surface area contributed by atoms with Crippen LogP contribution in [-0.2, 0) is 9.47 Å². The van der Waals surface area contributed by atoms with Crippen LogP contribution in [0.5, 0.6) is 0 Å². The molecular weight excluding hydrogens is 408 g/mol. The van der Waals surface area contributed by atoms with E-state index in [-0.39, 0.29) is 13.5 Å². The van der Waals surface area contributed by atoms with Crippen LogP contribution in [0.4, 0.5) is 28.4 Å². The molecule has 154 valence electrons. The number of fused-ring (bicyclic) bond motifs is 2. The number of benzene rings is 3. The number of rotatable bonds is 2. The zero-order chi connectivity index (χ0) is 22.2. The number of esters is 2. The summed E-state index contributed by atoms with van der Waals surface area (Å²) in [5.74, 6) is -0.981. The molecule has 2 aliphatic rings. The molecule has 0 aliphatic carbocycles. The molecule has 0 saturated heterocycles. The molecule has 8 nitrogen and oxygen atoms in total. The second kappa shape index (κ2) is 7.46. The highest BCUT2D eigenvalue weighted by Gasteiger charge is 2.33. The van der Waals surface area contributed by atoms with Gasteiger partial charge in [-0.1, -0.05) is 12.1 Å². The van der Waals surface area contributed by atoms with Crippen LogP contribution in [0.1, 0.15) is 26.3 Å². The van der Waals surface area contributed by atoms with Gasteiger partial charge in [0.05, 0.1) is 40.7 Å². The molecule has 32 heavy (non-hydrogen) atoms. The van der Waals surface area contributed by atoms with Crippen LogP contribution >= 0.6 is 0 Å². The fourth-order valence-electron chi connectivity index (χ4n) is 3.74. The summed E-state index contributed by atoms with van der Waals surface area (Å²) in [7, 11) is 0. The van der Waals surface area contributed by atoms with E-state index >= 15 is 0 Å². The van der Waals surface area contributed by atoms with Gasteiger partial charge in [-0.25, -0.2) is 14.4 Å². The van der Waals surface area contributed by atoms with Gasteiger partial charge in [0.1, 0.15) is 0 Å². The molecule has 0 atom stereocenters. The summed E-state index contributed by atoms with van der Waals surface area (Å²) in [6, 6.07) is 19.1. The van der Waals surface area contributed by atoms with Crippen molar-refractivity contribution in [2.45, 2.75) is 0 Å². The smallest absolute Gasteiger partial charge is 0.342 e. The lowest BCUT2D eigenvalue weighted by atomic mass is 10.0. The van der Waals surface area contributed by atoms with Gasteiger partial charge >= 0.3 is 11.9 Å². The van der Waals surface area contributed by atoms with E-state index in [1.54, 1.807) is 70.5 Å². The number of carbonyl (C=O) groups is 2. The Bertz CT molecular complexity index is 1230. The Balaban J connectivity index is 1.62. The van der Waals surface area contributed by atoms with E-state index < -0.39 is 11.9 Å². The van der Waals surface area contributed by atoms with Gasteiger partial charge in [-0.2, -0.15) is 5.26 Å². The van der Waals surface area contributed by atoms with E-state index in [4.69, 9.17) is 21.3 Å². The first-order valence-corrected chi connectivity index (χ1v) is 9.64. The second-order valence-corrected chi connectivity index (χ2v) is 7.15. The van der Waals surface area contributed by atoms with E-state index in [0.29, 0.717) is 39.4 Å². The van der Waals surface area contributed by atoms with Gasteiger partial charge in [0.15, 0.2) is 19.1 Å². The molecule has 0 N–H and O–H groups in total. The van der Waals surface area contributed by atoms with Gasteiger partial charge in [-0.05, 0) is 48.5 Å². The number of hydrogen-bond donors (Lipinski definition) is 0. The predicted octanol–water partition coefficient (Wildman–Crippen LogP) is 4.64. The lowest BCUT2D eigenvalue weighted by molar-refractivity contribution is 0.0473. The Morgan fingerprint density at radius 3 is 1.72 bits per heavy atom.